The van der Waals surface area contributed by atoms with Gasteiger partial charge in [0, 0.05) is 0 Å². The molecule has 0 aliphatic heterocycles. The number of hydrogen-bond donors (Lipinski definition) is 0. The molecule has 1 atom stereocenters. The summed E-state index contributed by atoms with van der Waals surface area (Å²) >= 11 is 2.93. The number of methoxy groups -OCH3 is 3. The first-order valence-corrected chi connectivity index (χ1v) is 8.74. The standard InChI is InChI=1S/C14H15AsBrNO3/c1-18-12-5-9(6-13(19-2)14(12)20-3)15-10-4-11(16)8-17-7-10/h4-8,15H,1-3H3. The van der Waals surface area contributed by atoms with E-state index in [4.69, 9.17) is 14.2 Å². The van der Waals surface area contributed by atoms with Crippen LogP contribution in [0.4, 0.5) is 0 Å². The maximum atomic E-state index is 5.37. The van der Waals surface area contributed by atoms with Crippen LogP contribution in [-0.4, -0.2) is 42.1 Å². The summed E-state index contributed by atoms with van der Waals surface area (Å²) < 4.78 is 19.5. The monoisotopic (exact) mass is 399 g/mol. The van der Waals surface area contributed by atoms with E-state index < -0.39 is 15.8 Å². The fraction of sp³-hybridized carbons (Fsp3) is 0.214. The molecule has 1 heterocycles. The minimum absolute atomic E-state index is 0.510. The van der Waals surface area contributed by atoms with Crippen molar-refractivity contribution in [3.63, 3.8) is 0 Å². The van der Waals surface area contributed by atoms with Crippen molar-refractivity contribution in [2.24, 2.45) is 0 Å². The molecule has 1 unspecified atom stereocenters. The van der Waals surface area contributed by atoms with Crippen LogP contribution in [0.3, 0.4) is 0 Å². The zero-order valence-electron chi connectivity index (χ0n) is 11.4. The number of benzene rings is 1. The van der Waals surface area contributed by atoms with Crippen molar-refractivity contribution >= 4 is 40.4 Å². The van der Waals surface area contributed by atoms with Gasteiger partial charge in [0.2, 0.25) is 0 Å². The van der Waals surface area contributed by atoms with Gasteiger partial charge in [0.25, 0.3) is 0 Å². The number of rotatable bonds is 5. The van der Waals surface area contributed by atoms with Crippen molar-refractivity contribution in [1.82, 2.24) is 4.98 Å². The second kappa shape index (κ2) is 7.00. The molecule has 2 rings (SSSR count). The molecule has 0 amide bonds. The number of nitrogens with zero attached hydrogens (tertiary/aromatic N) is 1. The van der Waals surface area contributed by atoms with E-state index in [-0.39, 0.29) is 0 Å². The van der Waals surface area contributed by atoms with E-state index in [2.05, 4.69) is 27.0 Å². The molecule has 1 aromatic heterocycles. The van der Waals surface area contributed by atoms with Gasteiger partial charge in [0.15, 0.2) is 0 Å². The third-order valence-corrected chi connectivity index (χ3v) is 5.48. The summed E-state index contributed by atoms with van der Waals surface area (Å²) in [6.07, 6.45) is 3.68. The van der Waals surface area contributed by atoms with Gasteiger partial charge in [-0.25, -0.2) is 0 Å². The van der Waals surface area contributed by atoms with Crippen LogP contribution in [0.25, 0.3) is 0 Å². The van der Waals surface area contributed by atoms with Crippen molar-refractivity contribution in [3.8, 4) is 17.2 Å². The van der Waals surface area contributed by atoms with Crippen LogP contribution in [-0.2, 0) is 0 Å². The maximum absolute atomic E-state index is 5.37. The molecule has 4 nitrogen and oxygen atoms in total. The second-order valence-electron chi connectivity index (χ2n) is 3.93. The summed E-state index contributed by atoms with van der Waals surface area (Å²) in [5.41, 5.74) is 0. The van der Waals surface area contributed by atoms with Crippen LogP contribution in [0.5, 0.6) is 17.2 Å². The summed E-state index contributed by atoms with van der Waals surface area (Å²) in [5.74, 6) is 2.00. The first-order valence-electron chi connectivity index (χ1n) is 5.85. The Hall–Kier alpha value is -1.19. The zero-order valence-corrected chi connectivity index (χ0v) is 15.1. The Labute approximate surface area is 133 Å². The van der Waals surface area contributed by atoms with Crippen LogP contribution < -0.4 is 22.9 Å². The molecule has 6 heteroatoms. The normalized spacial score (nSPS) is 10.8. The van der Waals surface area contributed by atoms with Crippen molar-refractivity contribution < 1.29 is 14.2 Å². The number of hydrogen-bond acceptors (Lipinski definition) is 4. The van der Waals surface area contributed by atoms with Gasteiger partial charge in [-0.1, -0.05) is 0 Å². The third-order valence-electron chi connectivity index (χ3n) is 2.66. The van der Waals surface area contributed by atoms with Gasteiger partial charge in [-0.15, -0.1) is 0 Å². The molecule has 0 spiro atoms. The van der Waals surface area contributed by atoms with E-state index in [0.717, 1.165) is 4.47 Å². The second-order valence-corrected chi connectivity index (χ2v) is 7.79. The third kappa shape index (κ3) is 3.47. The first-order chi connectivity index (χ1) is 9.67. The molecule has 0 bridgehead atoms. The van der Waals surface area contributed by atoms with Crippen molar-refractivity contribution in [2.75, 3.05) is 21.3 Å². The van der Waals surface area contributed by atoms with E-state index in [1.54, 1.807) is 27.5 Å². The summed E-state index contributed by atoms with van der Waals surface area (Å²) in [6, 6.07) is 6.10. The molecule has 20 heavy (non-hydrogen) atoms. The fourth-order valence-corrected chi connectivity index (χ4v) is 4.93. The molecule has 0 saturated heterocycles. The number of pyridine rings is 1. The minimum atomic E-state index is -0.510. The molecule has 106 valence electrons. The van der Waals surface area contributed by atoms with Gasteiger partial charge in [-0.05, 0) is 0 Å². The van der Waals surface area contributed by atoms with Crippen molar-refractivity contribution in [2.45, 2.75) is 0 Å². The van der Waals surface area contributed by atoms with Crippen molar-refractivity contribution in [3.05, 3.63) is 35.1 Å². The molecule has 0 aliphatic carbocycles. The topological polar surface area (TPSA) is 40.6 Å². The summed E-state index contributed by atoms with van der Waals surface area (Å²) in [7, 11) is 4.86. The zero-order chi connectivity index (χ0) is 14.5. The average molecular weight is 400 g/mol. The Bertz CT molecular complexity index is 582. The van der Waals surface area contributed by atoms with Gasteiger partial charge in [0.05, 0.1) is 0 Å². The molecule has 0 saturated carbocycles. The Morgan fingerprint density at radius 1 is 0.900 bits per heavy atom. The van der Waals surface area contributed by atoms with Gasteiger partial charge in [-0.2, -0.15) is 0 Å². The number of ether oxygens (including phenoxy) is 3. The SMILES string of the molecule is COc1cc([AsH]c2cncc(Br)c2)cc(OC)c1OC. The van der Waals surface area contributed by atoms with E-state index >= 15 is 0 Å². The number of aromatic nitrogens is 1. The average Bonchev–Trinajstić information content (AvgIpc) is 2.46. The molecule has 0 fully saturated rings. The fourth-order valence-electron chi connectivity index (χ4n) is 1.80. The van der Waals surface area contributed by atoms with Gasteiger partial charge in [-0.3, -0.25) is 0 Å². The molecule has 2 aromatic rings. The molecule has 1 aromatic carbocycles. The van der Waals surface area contributed by atoms with Crippen LogP contribution in [0.15, 0.2) is 35.1 Å². The van der Waals surface area contributed by atoms with E-state index in [9.17, 15) is 0 Å². The van der Waals surface area contributed by atoms with E-state index in [0.29, 0.717) is 17.2 Å². The predicted octanol–water partition coefficient (Wildman–Crippen LogP) is 1.26. The Balaban J connectivity index is 2.37. The van der Waals surface area contributed by atoms with Crippen LogP contribution in [0.1, 0.15) is 0 Å². The van der Waals surface area contributed by atoms with E-state index in [1.165, 1.54) is 8.70 Å². The first kappa shape index (κ1) is 15.2. The predicted molar refractivity (Wildman–Crippen MR) is 84.5 cm³/mol. The molecule has 0 radical (unpaired) electrons. The molecular formula is C14H15AsBrNO3. The Morgan fingerprint density at radius 2 is 1.55 bits per heavy atom. The summed E-state index contributed by atoms with van der Waals surface area (Å²) in [5, 5.41) is 0. The Morgan fingerprint density at radius 3 is 2.05 bits per heavy atom. The van der Waals surface area contributed by atoms with Gasteiger partial charge < -0.3 is 0 Å². The van der Waals surface area contributed by atoms with E-state index in [1.807, 2.05) is 18.3 Å². The Kier molecular flexibility index (Phi) is 5.32. The van der Waals surface area contributed by atoms with Crippen LogP contribution in [0.2, 0.25) is 0 Å². The molecule has 0 N–H and O–H groups in total. The molecular weight excluding hydrogens is 385 g/mol. The summed E-state index contributed by atoms with van der Waals surface area (Å²) in [6.45, 7) is 0. The quantitative estimate of drug-likeness (QED) is 0.709. The molecule has 0 aliphatic rings. The van der Waals surface area contributed by atoms with Crippen LogP contribution >= 0.6 is 15.9 Å². The van der Waals surface area contributed by atoms with Gasteiger partial charge in [0.1, 0.15) is 0 Å². The van der Waals surface area contributed by atoms with Gasteiger partial charge >= 0.3 is 133 Å². The number of halogens is 1. The van der Waals surface area contributed by atoms with Crippen LogP contribution in [0, 0.1) is 0 Å². The summed E-state index contributed by atoms with van der Waals surface area (Å²) in [4.78, 5) is 4.20. The van der Waals surface area contributed by atoms with Crippen molar-refractivity contribution in [1.29, 1.82) is 0 Å².